The summed E-state index contributed by atoms with van der Waals surface area (Å²) >= 11 is 0. The van der Waals surface area contributed by atoms with Gasteiger partial charge in [0, 0.05) is 39.6 Å². The van der Waals surface area contributed by atoms with Crippen LogP contribution in [0.3, 0.4) is 0 Å². The van der Waals surface area contributed by atoms with Gasteiger partial charge in [0.25, 0.3) is 0 Å². The van der Waals surface area contributed by atoms with Gasteiger partial charge >= 0.3 is 0 Å². The van der Waals surface area contributed by atoms with Crippen LogP contribution in [0.2, 0.25) is 0 Å². The van der Waals surface area contributed by atoms with Crippen molar-refractivity contribution in [3.05, 3.63) is 0 Å². The molecule has 76 valence electrons. The molecule has 1 heterocycles. The van der Waals surface area contributed by atoms with Crippen LogP contribution in [0, 0.1) is 0 Å². The fourth-order valence-corrected chi connectivity index (χ4v) is 1.60. The number of rotatable bonds is 2. The number of hydrogen-bond donors (Lipinski definition) is 0. The monoisotopic (exact) mass is 188 g/mol. The lowest BCUT2D eigenvalue weighted by molar-refractivity contribution is -0.130. The van der Waals surface area contributed by atoms with E-state index < -0.39 is 6.17 Å². The van der Waals surface area contributed by atoms with Gasteiger partial charge in [0.05, 0.1) is 0 Å². The first-order valence-corrected chi connectivity index (χ1v) is 4.71. The van der Waals surface area contributed by atoms with E-state index in [9.17, 15) is 9.18 Å². The Morgan fingerprint density at radius 1 is 1.38 bits per heavy atom. The zero-order valence-electron chi connectivity index (χ0n) is 8.29. The Morgan fingerprint density at radius 3 is 2.31 bits per heavy atom. The van der Waals surface area contributed by atoms with Crippen molar-refractivity contribution in [1.82, 2.24) is 9.80 Å². The van der Waals surface area contributed by atoms with E-state index in [1.165, 1.54) is 0 Å². The average molecular weight is 188 g/mol. The van der Waals surface area contributed by atoms with Crippen molar-refractivity contribution in [2.24, 2.45) is 0 Å². The number of nitrogens with zero attached hydrogens (tertiary/aromatic N) is 2. The summed E-state index contributed by atoms with van der Waals surface area (Å²) in [6.07, 6.45) is -0.774. The molecule has 13 heavy (non-hydrogen) atoms. The van der Waals surface area contributed by atoms with E-state index in [0.717, 1.165) is 26.2 Å². The summed E-state index contributed by atoms with van der Waals surface area (Å²) in [5, 5.41) is 0. The second-order valence-electron chi connectivity index (χ2n) is 3.59. The molecule has 1 unspecified atom stereocenters. The van der Waals surface area contributed by atoms with Crippen molar-refractivity contribution in [3.63, 3.8) is 0 Å². The van der Waals surface area contributed by atoms with Crippen molar-refractivity contribution < 1.29 is 9.18 Å². The number of alkyl halides is 1. The average Bonchev–Trinajstić information content (AvgIpc) is 2.04. The van der Waals surface area contributed by atoms with Gasteiger partial charge in [-0.25, -0.2) is 4.39 Å². The van der Waals surface area contributed by atoms with Gasteiger partial charge < -0.3 is 4.90 Å². The lowest BCUT2D eigenvalue weighted by atomic mass is 10.3. The Bertz CT molecular complexity index is 176. The highest BCUT2D eigenvalue weighted by Crippen LogP contribution is 2.03. The fourth-order valence-electron chi connectivity index (χ4n) is 1.60. The van der Waals surface area contributed by atoms with E-state index in [2.05, 4.69) is 4.90 Å². The lowest BCUT2D eigenvalue weighted by Gasteiger charge is -2.34. The van der Waals surface area contributed by atoms with Gasteiger partial charge in [0.15, 0.2) is 0 Å². The van der Waals surface area contributed by atoms with Gasteiger partial charge in [0.1, 0.15) is 6.17 Å². The fraction of sp³-hybridized carbons (Fsp3) is 0.889. The van der Waals surface area contributed by atoms with Crippen LogP contribution in [0.4, 0.5) is 4.39 Å². The third-order valence-electron chi connectivity index (χ3n) is 2.33. The minimum Gasteiger partial charge on any atom is -0.340 e. The molecule has 1 atom stereocenters. The molecule has 3 nitrogen and oxygen atoms in total. The van der Waals surface area contributed by atoms with Gasteiger partial charge in [-0.2, -0.15) is 0 Å². The standard InChI is InChI=1S/C9H17FN2O/c1-8(10)7-11-3-5-12(6-4-11)9(2)13/h8H,3-7H2,1-2H3. The summed E-state index contributed by atoms with van der Waals surface area (Å²) in [6.45, 7) is 6.71. The summed E-state index contributed by atoms with van der Waals surface area (Å²) < 4.78 is 12.6. The third kappa shape index (κ3) is 3.30. The van der Waals surface area contributed by atoms with Crippen LogP contribution in [-0.4, -0.2) is 54.6 Å². The first-order valence-electron chi connectivity index (χ1n) is 4.71. The lowest BCUT2D eigenvalue weighted by Crippen LogP contribution is -2.49. The Morgan fingerprint density at radius 2 is 1.92 bits per heavy atom. The SMILES string of the molecule is CC(=O)N1CCN(CC(C)F)CC1. The van der Waals surface area contributed by atoms with Crippen molar-refractivity contribution in [3.8, 4) is 0 Å². The molecule has 0 aromatic rings. The molecule has 4 heteroatoms. The largest absolute Gasteiger partial charge is 0.340 e. The van der Waals surface area contributed by atoms with Crippen molar-refractivity contribution >= 4 is 5.91 Å². The van der Waals surface area contributed by atoms with Gasteiger partial charge in [-0.15, -0.1) is 0 Å². The minimum absolute atomic E-state index is 0.118. The zero-order chi connectivity index (χ0) is 9.84. The quantitative estimate of drug-likeness (QED) is 0.630. The van der Waals surface area contributed by atoms with Crippen LogP contribution in [0.25, 0.3) is 0 Å². The maximum atomic E-state index is 12.6. The Labute approximate surface area is 78.5 Å². The number of amides is 1. The first kappa shape index (κ1) is 10.4. The molecule has 0 aromatic carbocycles. The summed E-state index contributed by atoms with van der Waals surface area (Å²) in [5.74, 6) is 0.118. The third-order valence-corrected chi connectivity index (χ3v) is 2.33. The molecule has 0 saturated carbocycles. The van der Waals surface area contributed by atoms with Crippen LogP contribution in [-0.2, 0) is 4.79 Å². The summed E-state index contributed by atoms with van der Waals surface area (Å²) in [7, 11) is 0. The van der Waals surface area contributed by atoms with Crippen molar-refractivity contribution in [2.75, 3.05) is 32.7 Å². The van der Waals surface area contributed by atoms with E-state index in [0.29, 0.717) is 6.54 Å². The maximum absolute atomic E-state index is 12.6. The number of hydrogen-bond acceptors (Lipinski definition) is 2. The molecule has 0 radical (unpaired) electrons. The molecular weight excluding hydrogens is 171 g/mol. The zero-order valence-corrected chi connectivity index (χ0v) is 8.29. The molecule has 1 saturated heterocycles. The van der Waals surface area contributed by atoms with Gasteiger partial charge in [0.2, 0.25) is 5.91 Å². The molecular formula is C9H17FN2O. The number of carbonyl (C=O) groups excluding carboxylic acids is 1. The highest BCUT2D eigenvalue weighted by atomic mass is 19.1. The number of carbonyl (C=O) groups is 1. The van der Waals surface area contributed by atoms with Crippen LogP contribution >= 0.6 is 0 Å². The molecule has 0 spiro atoms. The van der Waals surface area contributed by atoms with Gasteiger partial charge in [-0.05, 0) is 6.92 Å². The molecule has 0 N–H and O–H groups in total. The van der Waals surface area contributed by atoms with E-state index in [1.807, 2.05) is 0 Å². The Balaban J connectivity index is 2.26. The van der Waals surface area contributed by atoms with Gasteiger partial charge in [-0.1, -0.05) is 0 Å². The number of halogens is 1. The topological polar surface area (TPSA) is 23.6 Å². The van der Waals surface area contributed by atoms with E-state index in [1.54, 1.807) is 18.7 Å². The minimum atomic E-state index is -0.774. The van der Waals surface area contributed by atoms with Crippen molar-refractivity contribution in [2.45, 2.75) is 20.0 Å². The molecule has 1 fully saturated rings. The van der Waals surface area contributed by atoms with E-state index >= 15 is 0 Å². The van der Waals surface area contributed by atoms with Crippen LogP contribution in [0.15, 0.2) is 0 Å². The summed E-state index contributed by atoms with van der Waals surface area (Å²) in [4.78, 5) is 14.8. The maximum Gasteiger partial charge on any atom is 0.219 e. The first-order chi connectivity index (χ1) is 6.09. The Kier molecular flexibility index (Phi) is 3.66. The summed E-state index contributed by atoms with van der Waals surface area (Å²) in [5.41, 5.74) is 0. The second-order valence-corrected chi connectivity index (χ2v) is 3.59. The Hall–Kier alpha value is -0.640. The summed E-state index contributed by atoms with van der Waals surface area (Å²) in [6, 6.07) is 0. The predicted octanol–water partition coefficient (Wildman–Crippen LogP) is 0.508. The highest BCUT2D eigenvalue weighted by molar-refractivity contribution is 5.73. The number of piperazine rings is 1. The smallest absolute Gasteiger partial charge is 0.219 e. The van der Waals surface area contributed by atoms with Gasteiger partial charge in [-0.3, -0.25) is 9.69 Å². The van der Waals surface area contributed by atoms with E-state index in [4.69, 9.17) is 0 Å². The van der Waals surface area contributed by atoms with E-state index in [-0.39, 0.29) is 5.91 Å². The van der Waals surface area contributed by atoms with Crippen LogP contribution < -0.4 is 0 Å². The molecule has 1 rings (SSSR count). The molecule has 0 aromatic heterocycles. The van der Waals surface area contributed by atoms with Crippen molar-refractivity contribution in [1.29, 1.82) is 0 Å². The molecule has 0 bridgehead atoms. The molecule has 1 amide bonds. The second kappa shape index (κ2) is 4.56. The highest BCUT2D eigenvalue weighted by Gasteiger charge is 2.19. The predicted molar refractivity (Wildman–Crippen MR) is 49.3 cm³/mol. The van der Waals surface area contributed by atoms with Crippen LogP contribution in [0.1, 0.15) is 13.8 Å². The molecule has 0 aliphatic carbocycles. The normalized spacial score (nSPS) is 21.6. The molecule has 1 aliphatic heterocycles. The molecule has 1 aliphatic rings. The van der Waals surface area contributed by atoms with Crippen LogP contribution in [0.5, 0.6) is 0 Å².